The Labute approximate surface area is 168 Å². The normalized spacial score (nSPS) is 17.1. The van der Waals surface area contributed by atoms with Crippen molar-refractivity contribution in [2.24, 2.45) is 4.99 Å². The summed E-state index contributed by atoms with van der Waals surface area (Å²) in [5.41, 5.74) is 1.68. The van der Waals surface area contributed by atoms with Gasteiger partial charge in [-0.05, 0) is 36.4 Å². The zero-order chi connectivity index (χ0) is 19.7. The summed E-state index contributed by atoms with van der Waals surface area (Å²) in [4.78, 5) is 18.6. The van der Waals surface area contributed by atoms with Crippen LogP contribution in [-0.4, -0.2) is 50.8 Å². The van der Waals surface area contributed by atoms with Crippen molar-refractivity contribution in [2.45, 2.75) is 18.8 Å². The Hall–Kier alpha value is -2.68. The molecule has 1 saturated heterocycles. The smallest absolute Gasteiger partial charge is 0.280 e. The van der Waals surface area contributed by atoms with Crippen LogP contribution in [0.2, 0.25) is 0 Å². The first-order valence-electron chi connectivity index (χ1n) is 8.75. The number of carbonyl (C=O) groups is 1. The highest BCUT2D eigenvalue weighted by atomic mass is 79.9. The van der Waals surface area contributed by atoms with E-state index in [-0.39, 0.29) is 31.9 Å². The van der Waals surface area contributed by atoms with Gasteiger partial charge < -0.3 is 4.90 Å². The first-order chi connectivity index (χ1) is 13.4. The molecule has 9 heteroatoms. The maximum atomic E-state index is 13.6. The molecule has 1 aliphatic heterocycles. The molecule has 0 N–H and O–H groups in total. The zero-order valence-corrected chi connectivity index (χ0v) is 16.3. The number of aromatic nitrogens is 3. The minimum atomic E-state index is -2.71. The average Bonchev–Trinajstić information content (AvgIpc) is 3.11. The molecule has 0 saturated carbocycles. The average molecular weight is 448 g/mol. The second-order valence-corrected chi connectivity index (χ2v) is 7.47. The van der Waals surface area contributed by atoms with Crippen LogP contribution < -0.4 is 0 Å². The van der Waals surface area contributed by atoms with Crippen molar-refractivity contribution >= 4 is 38.8 Å². The minimum absolute atomic E-state index is 0.0770. The number of aliphatic imine (C=N–C) groups is 1. The van der Waals surface area contributed by atoms with Crippen molar-refractivity contribution in [3.63, 3.8) is 0 Å². The summed E-state index contributed by atoms with van der Waals surface area (Å²) in [5, 5.41) is 8.21. The third-order valence-corrected chi connectivity index (χ3v) is 5.14. The number of carbonyl (C=O) groups excluding carboxylic acids is 1. The van der Waals surface area contributed by atoms with Crippen LogP contribution in [0.15, 0.2) is 58.0 Å². The van der Waals surface area contributed by atoms with E-state index < -0.39 is 11.8 Å². The number of hydrogen-bond donors (Lipinski definition) is 0. The molecule has 144 valence electrons. The van der Waals surface area contributed by atoms with Crippen molar-refractivity contribution < 1.29 is 13.6 Å². The van der Waals surface area contributed by atoms with Crippen molar-refractivity contribution in [1.82, 2.24) is 19.9 Å². The molecule has 0 unspecified atom stereocenters. The van der Waals surface area contributed by atoms with Crippen LogP contribution in [0.5, 0.6) is 0 Å². The largest absolute Gasteiger partial charge is 0.340 e. The molecule has 1 aromatic heterocycles. The molecule has 1 aliphatic rings. The van der Waals surface area contributed by atoms with Gasteiger partial charge in [0.15, 0.2) is 0 Å². The summed E-state index contributed by atoms with van der Waals surface area (Å²) in [6.07, 6.45) is -0.601. The van der Waals surface area contributed by atoms with E-state index in [9.17, 15) is 13.6 Å². The summed E-state index contributed by atoms with van der Waals surface area (Å²) in [5.74, 6) is -2.97. The lowest BCUT2D eigenvalue weighted by molar-refractivity contribution is -0.0439. The van der Waals surface area contributed by atoms with E-state index in [1.165, 1.54) is 4.68 Å². The van der Waals surface area contributed by atoms with Gasteiger partial charge in [0, 0.05) is 36.0 Å². The third kappa shape index (κ3) is 3.80. The molecular weight excluding hydrogens is 432 g/mol. The number of para-hydroxylation sites is 1. The Morgan fingerprint density at radius 3 is 2.46 bits per heavy atom. The SMILES string of the molecule is O=C(/N=C(/N1CCC(F)(F)CC1)n1nnc2ccccc21)c1ccc(Br)cc1. The van der Waals surface area contributed by atoms with Crippen molar-refractivity contribution in [2.75, 3.05) is 13.1 Å². The fourth-order valence-electron chi connectivity index (χ4n) is 3.05. The van der Waals surface area contributed by atoms with Gasteiger partial charge in [-0.2, -0.15) is 9.67 Å². The van der Waals surface area contributed by atoms with Gasteiger partial charge >= 0.3 is 0 Å². The van der Waals surface area contributed by atoms with Crippen LogP contribution in [0.4, 0.5) is 8.78 Å². The van der Waals surface area contributed by atoms with E-state index in [0.717, 1.165) is 4.47 Å². The first kappa shape index (κ1) is 18.7. The van der Waals surface area contributed by atoms with E-state index >= 15 is 0 Å². The van der Waals surface area contributed by atoms with Crippen molar-refractivity contribution in [3.05, 3.63) is 58.6 Å². The highest BCUT2D eigenvalue weighted by Crippen LogP contribution is 2.28. The Bertz CT molecular complexity index is 1040. The predicted octanol–water partition coefficient (Wildman–Crippen LogP) is 3.97. The molecule has 0 atom stereocenters. The van der Waals surface area contributed by atoms with E-state index in [4.69, 9.17) is 0 Å². The number of likely N-dealkylation sites (tertiary alicyclic amines) is 1. The van der Waals surface area contributed by atoms with Crippen molar-refractivity contribution in [3.8, 4) is 0 Å². The Balaban J connectivity index is 1.75. The van der Waals surface area contributed by atoms with Crippen LogP contribution in [0.25, 0.3) is 11.0 Å². The quantitative estimate of drug-likeness (QED) is 0.418. The fraction of sp³-hybridized carbons (Fsp3) is 0.263. The Morgan fingerprint density at radius 2 is 1.75 bits per heavy atom. The Morgan fingerprint density at radius 1 is 1.07 bits per heavy atom. The predicted molar refractivity (Wildman–Crippen MR) is 105 cm³/mol. The summed E-state index contributed by atoms with van der Waals surface area (Å²) < 4.78 is 29.5. The number of hydrogen-bond acceptors (Lipinski definition) is 3. The number of alkyl halides is 2. The number of benzene rings is 2. The molecule has 6 nitrogen and oxygen atoms in total. The topological polar surface area (TPSA) is 63.4 Å². The van der Waals surface area contributed by atoms with Gasteiger partial charge in [-0.3, -0.25) is 4.79 Å². The van der Waals surface area contributed by atoms with Gasteiger partial charge in [0.2, 0.25) is 5.96 Å². The molecule has 0 bridgehead atoms. The number of nitrogens with zero attached hydrogens (tertiary/aromatic N) is 5. The summed E-state index contributed by atoms with van der Waals surface area (Å²) in [7, 11) is 0. The fourth-order valence-corrected chi connectivity index (χ4v) is 3.31. The van der Waals surface area contributed by atoms with Crippen molar-refractivity contribution in [1.29, 1.82) is 0 Å². The summed E-state index contributed by atoms with van der Waals surface area (Å²) in [6, 6.07) is 14.0. The van der Waals surface area contributed by atoms with Gasteiger partial charge in [-0.25, -0.2) is 8.78 Å². The lowest BCUT2D eigenvalue weighted by Gasteiger charge is -2.33. The first-order valence-corrected chi connectivity index (χ1v) is 9.54. The second kappa shape index (κ2) is 7.38. The van der Waals surface area contributed by atoms with Gasteiger partial charge in [0.05, 0.1) is 5.52 Å². The number of amides is 1. The molecule has 1 fully saturated rings. The van der Waals surface area contributed by atoms with Gasteiger partial charge in [-0.15, -0.1) is 5.10 Å². The van der Waals surface area contributed by atoms with E-state index in [0.29, 0.717) is 16.6 Å². The molecule has 2 heterocycles. The molecule has 2 aromatic carbocycles. The Kier molecular flexibility index (Phi) is 4.92. The van der Waals surface area contributed by atoms with Crippen LogP contribution in [0.3, 0.4) is 0 Å². The third-order valence-electron chi connectivity index (χ3n) is 4.61. The molecule has 3 aromatic rings. The highest BCUT2D eigenvalue weighted by Gasteiger charge is 2.36. The number of rotatable bonds is 1. The second-order valence-electron chi connectivity index (χ2n) is 6.56. The highest BCUT2D eigenvalue weighted by molar-refractivity contribution is 9.10. The monoisotopic (exact) mass is 447 g/mol. The number of halogens is 3. The number of piperidine rings is 1. The maximum Gasteiger partial charge on any atom is 0.280 e. The molecule has 0 radical (unpaired) electrons. The summed E-state index contributed by atoms with van der Waals surface area (Å²) in [6.45, 7) is 0.154. The van der Waals surface area contributed by atoms with Gasteiger partial charge in [-0.1, -0.05) is 33.3 Å². The standard InChI is InChI=1S/C19H16BrF2N5O/c20-14-7-5-13(6-8-14)17(28)23-18(26-11-9-19(21,22)10-12-26)27-16-4-2-1-3-15(16)24-25-27/h1-8H,9-12H2/b23-18-. The zero-order valence-electron chi connectivity index (χ0n) is 14.7. The maximum absolute atomic E-state index is 13.6. The minimum Gasteiger partial charge on any atom is -0.340 e. The molecule has 0 spiro atoms. The molecular formula is C19H16BrF2N5O. The van der Waals surface area contributed by atoms with Crippen LogP contribution in [0, 0.1) is 0 Å². The van der Waals surface area contributed by atoms with Gasteiger partial charge in [0.1, 0.15) is 5.52 Å². The van der Waals surface area contributed by atoms with E-state index in [1.54, 1.807) is 41.3 Å². The van der Waals surface area contributed by atoms with Crippen LogP contribution in [0.1, 0.15) is 23.2 Å². The van der Waals surface area contributed by atoms with Gasteiger partial charge in [0.25, 0.3) is 11.8 Å². The molecule has 28 heavy (non-hydrogen) atoms. The van der Waals surface area contributed by atoms with E-state index in [1.807, 2.05) is 12.1 Å². The molecule has 4 rings (SSSR count). The number of fused-ring (bicyclic) bond motifs is 1. The van der Waals surface area contributed by atoms with E-state index in [2.05, 4.69) is 31.2 Å². The lowest BCUT2D eigenvalue weighted by Crippen LogP contribution is -2.46. The van der Waals surface area contributed by atoms with Crippen LogP contribution in [-0.2, 0) is 0 Å². The molecule has 1 amide bonds. The summed E-state index contributed by atoms with van der Waals surface area (Å²) >= 11 is 3.33. The molecule has 0 aliphatic carbocycles. The lowest BCUT2D eigenvalue weighted by atomic mass is 10.1. The van der Waals surface area contributed by atoms with Crippen LogP contribution >= 0.6 is 15.9 Å².